The summed E-state index contributed by atoms with van der Waals surface area (Å²) in [5, 5.41) is 11.7. The number of nitrogens with two attached hydrogens (primary N) is 1. The number of carboxylic acids is 1. The first kappa shape index (κ1) is 14.3. The molecule has 0 aromatic heterocycles. The van der Waals surface area contributed by atoms with Crippen LogP contribution in [0.5, 0.6) is 0 Å². The van der Waals surface area contributed by atoms with Gasteiger partial charge in [0.2, 0.25) is 0 Å². The second-order valence-electron chi connectivity index (χ2n) is 5.09. The first-order valence-electron chi connectivity index (χ1n) is 6.63. The van der Waals surface area contributed by atoms with Gasteiger partial charge in [0.15, 0.2) is 0 Å². The fourth-order valence-electron chi connectivity index (χ4n) is 2.29. The monoisotopic (exact) mass is 277 g/mol. The van der Waals surface area contributed by atoms with E-state index in [1.165, 1.54) is 6.07 Å². The standard InChI is InChI=1S/C14H19N3O3/c1-9-8-11(2-3-12(9)13(18)19)16-14(20)17-6-4-10(15)5-7-17/h2-3,8,10H,4-7,15H2,1H3,(H,16,20)(H,18,19). The second-order valence-corrected chi connectivity index (χ2v) is 5.09. The molecule has 1 saturated heterocycles. The van der Waals surface area contributed by atoms with Crippen molar-refractivity contribution in [1.29, 1.82) is 0 Å². The number of aromatic carboxylic acids is 1. The minimum absolute atomic E-state index is 0.167. The van der Waals surface area contributed by atoms with Gasteiger partial charge in [-0.05, 0) is 43.5 Å². The summed E-state index contributed by atoms with van der Waals surface area (Å²) in [6.45, 7) is 3.01. The van der Waals surface area contributed by atoms with Crippen LogP contribution >= 0.6 is 0 Å². The highest BCUT2D eigenvalue weighted by atomic mass is 16.4. The topological polar surface area (TPSA) is 95.7 Å². The van der Waals surface area contributed by atoms with Crippen molar-refractivity contribution in [3.63, 3.8) is 0 Å². The Hall–Kier alpha value is -2.08. The number of amides is 2. The molecule has 1 aliphatic rings. The third-order valence-electron chi connectivity index (χ3n) is 3.53. The van der Waals surface area contributed by atoms with Gasteiger partial charge in [-0.25, -0.2) is 9.59 Å². The largest absolute Gasteiger partial charge is 0.478 e. The number of likely N-dealkylation sites (tertiary alicyclic amines) is 1. The van der Waals surface area contributed by atoms with E-state index in [4.69, 9.17) is 10.8 Å². The maximum Gasteiger partial charge on any atom is 0.335 e. The van der Waals surface area contributed by atoms with Crippen LogP contribution in [0.3, 0.4) is 0 Å². The molecule has 6 heteroatoms. The predicted molar refractivity (Wildman–Crippen MR) is 75.9 cm³/mol. The number of aryl methyl sites for hydroxylation is 1. The van der Waals surface area contributed by atoms with Crippen LogP contribution in [-0.2, 0) is 0 Å². The molecule has 0 unspecified atom stereocenters. The van der Waals surface area contributed by atoms with Crippen LogP contribution in [-0.4, -0.2) is 41.1 Å². The molecule has 2 rings (SSSR count). The average Bonchev–Trinajstić information content (AvgIpc) is 2.39. The Morgan fingerprint density at radius 1 is 1.35 bits per heavy atom. The van der Waals surface area contributed by atoms with Gasteiger partial charge in [-0.1, -0.05) is 0 Å². The summed E-state index contributed by atoms with van der Waals surface area (Å²) in [5.74, 6) is -0.967. The number of nitrogens with one attached hydrogen (secondary N) is 1. The van der Waals surface area contributed by atoms with Crippen molar-refractivity contribution >= 4 is 17.7 Å². The molecule has 1 aromatic rings. The van der Waals surface area contributed by atoms with Gasteiger partial charge in [-0.3, -0.25) is 0 Å². The molecule has 2 amide bonds. The van der Waals surface area contributed by atoms with Gasteiger partial charge in [0.05, 0.1) is 5.56 Å². The fourth-order valence-corrected chi connectivity index (χ4v) is 2.29. The number of hydrogen-bond donors (Lipinski definition) is 3. The zero-order valence-corrected chi connectivity index (χ0v) is 11.4. The molecule has 4 N–H and O–H groups in total. The maximum absolute atomic E-state index is 12.1. The maximum atomic E-state index is 12.1. The summed E-state index contributed by atoms with van der Waals surface area (Å²) in [4.78, 5) is 24.7. The molecule has 1 fully saturated rings. The van der Waals surface area contributed by atoms with Crippen LogP contribution in [0, 0.1) is 6.92 Å². The molecule has 0 bridgehead atoms. The lowest BCUT2D eigenvalue weighted by molar-refractivity contribution is 0.0696. The average molecular weight is 277 g/mol. The molecular formula is C14H19N3O3. The minimum atomic E-state index is -0.967. The van der Waals surface area contributed by atoms with E-state index in [2.05, 4.69) is 5.32 Å². The summed E-state index contributed by atoms with van der Waals surface area (Å²) in [6, 6.07) is 4.77. The van der Waals surface area contributed by atoms with Crippen molar-refractivity contribution in [3.05, 3.63) is 29.3 Å². The Morgan fingerprint density at radius 3 is 2.55 bits per heavy atom. The van der Waals surface area contributed by atoms with Gasteiger partial charge in [-0.15, -0.1) is 0 Å². The molecule has 1 aliphatic heterocycles. The lowest BCUT2D eigenvalue weighted by atomic mass is 10.1. The highest BCUT2D eigenvalue weighted by Crippen LogP contribution is 2.17. The molecular weight excluding hydrogens is 258 g/mol. The summed E-state index contributed by atoms with van der Waals surface area (Å²) >= 11 is 0. The number of carboxylic acid groups (broad SMARTS) is 1. The van der Waals surface area contributed by atoms with Crippen LogP contribution < -0.4 is 11.1 Å². The van der Waals surface area contributed by atoms with E-state index in [9.17, 15) is 9.59 Å². The van der Waals surface area contributed by atoms with Crippen molar-refractivity contribution < 1.29 is 14.7 Å². The molecule has 108 valence electrons. The molecule has 0 atom stereocenters. The van der Waals surface area contributed by atoms with Crippen molar-refractivity contribution in [2.75, 3.05) is 18.4 Å². The fraction of sp³-hybridized carbons (Fsp3) is 0.429. The van der Waals surface area contributed by atoms with Gasteiger partial charge < -0.3 is 21.1 Å². The molecule has 1 heterocycles. The molecule has 0 radical (unpaired) electrons. The highest BCUT2D eigenvalue weighted by Gasteiger charge is 2.20. The van der Waals surface area contributed by atoms with E-state index in [0.717, 1.165) is 12.8 Å². The van der Waals surface area contributed by atoms with E-state index < -0.39 is 5.97 Å². The smallest absolute Gasteiger partial charge is 0.335 e. The zero-order valence-electron chi connectivity index (χ0n) is 11.4. The summed E-state index contributed by atoms with van der Waals surface area (Å²) in [7, 11) is 0. The van der Waals surface area contributed by atoms with Crippen molar-refractivity contribution in [2.24, 2.45) is 5.73 Å². The molecule has 1 aromatic carbocycles. The lowest BCUT2D eigenvalue weighted by Gasteiger charge is -2.30. The Balaban J connectivity index is 2.01. The van der Waals surface area contributed by atoms with Crippen LogP contribution in [0.4, 0.5) is 10.5 Å². The van der Waals surface area contributed by atoms with E-state index in [1.807, 2.05) is 0 Å². The van der Waals surface area contributed by atoms with Gasteiger partial charge in [-0.2, -0.15) is 0 Å². The van der Waals surface area contributed by atoms with E-state index in [0.29, 0.717) is 24.3 Å². The number of carbonyl (C=O) groups is 2. The number of hydrogen-bond acceptors (Lipinski definition) is 3. The van der Waals surface area contributed by atoms with Crippen molar-refractivity contribution in [1.82, 2.24) is 4.90 Å². The van der Waals surface area contributed by atoms with Crippen LogP contribution in [0.15, 0.2) is 18.2 Å². The lowest BCUT2D eigenvalue weighted by Crippen LogP contribution is -2.44. The van der Waals surface area contributed by atoms with Crippen LogP contribution in [0.25, 0.3) is 0 Å². The first-order chi connectivity index (χ1) is 9.47. The van der Waals surface area contributed by atoms with Crippen molar-refractivity contribution in [3.8, 4) is 0 Å². The number of anilines is 1. The Bertz CT molecular complexity index is 522. The summed E-state index contributed by atoms with van der Waals surface area (Å²) in [5.41, 5.74) is 7.27. The third-order valence-corrected chi connectivity index (χ3v) is 3.53. The van der Waals surface area contributed by atoms with Crippen LogP contribution in [0.1, 0.15) is 28.8 Å². The molecule has 6 nitrogen and oxygen atoms in total. The van der Waals surface area contributed by atoms with Gasteiger partial charge >= 0.3 is 12.0 Å². The number of nitrogens with zero attached hydrogens (tertiary/aromatic N) is 1. The number of benzene rings is 1. The number of carbonyl (C=O) groups excluding carboxylic acids is 1. The predicted octanol–water partition coefficient (Wildman–Crippen LogP) is 1.65. The molecule has 0 spiro atoms. The summed E-state index contributed by atoms with van der Waals surface area (Å²) < 4.78 is 0. The van der Waals surface area contributed by atoms with Gasteiger partial charge in [0, 0.05) is 24.8 Å². The number of piperidine rings is 1. The minimum Gasteiger partial charge on any atom is -0.478 e. The van der Waals surface area contributed by atoms with Gasteiger partial charge in [0.1, 0.15) is 0 Å². The third kappa shape index (κ3) is 3.27. The number of urea groups is 1. The normalized spacial score (nSPS) is 16.0. The highest BCUT2D eigenvalue weighted by molar-refractivity contribution is 5.92. The first-order valence-corrected chi connectivity index (χ1v) is 6.63. The quantitative estimate of drug-likeness (QED) is 0.765. The molecule has 0 saturated carbocycles. The zero-order chi connectivity index (χ0) is 14.7. The van der Waals surface area contributed by atoms with E-state index in [-0.39, 0.29) is 17.6 Å². The number of rotatable bonds is 2. The summed E-state index contributed by atoms with van der Waals surface area (Å²) in [6.07, 6.45) is 1.62. The second kappa shape index (κ2) is 5.92. The Morgan fingerprint density at radius 2 is 2.00 bits per heavy atom. The van der Waals surface area contributed by atoms with Crippen molar-refractivity contribution in [2.45, 2.75) is 25.8 Å². The Kier molecular flexibility index (Phi) is 4.24. The molecule has 0 aliphatic carbocycles. The van der Waals surface area contributed by atoms with E-state index in [1.54, 1.807) is 24.0 Å². The van der Waals surface area contributed by atoms with Crippen LogP contribution in [0.2, 0.25) is 0 Å². The van der Waals surface area contributed by atoms with Gasteiger partial charge in [0.25, 0.3) is 0 Å². The SMILES string of the molecule is Cc1cc(NC(=O)N2CCC(N)CC2)ccc1C(=O)O. The molecule has 20 heavy (non-hydrogen) atoms. The Labute approximate surface area is 117 Å². The van der Waals surface area contributed by atoms with E-state index >= 15 is 0 Å².